The summed E-state index contributed by atoms with van der Waals surface area (Å²) in [6.45, 7) is 0.689. The first kappa shape index (κ1) is 16.5. The van der Waals surface area contributed by atoms with Crippen molar-refractivity contribution < 1.29 is 23.8 Å². The smallest absolute Gasteiger partial charge is 0.414 e. The lowest BCUT2D eigenvalue weighted by Crippen LogP contribution is -2.34. The molecule has 0 aromatic heterocycles. The molecule has 8 heteroatoms. The number of carbonyl (C=O) groups is 2. The fraction of sp³-hybridized carbons (Fsp3) is 0.222. The van der Waals surface area contributed by atoms with Crippen LogP contribution < -0.4 is 19.7 Å². The molecule has 2 aliphatic rings. The number of carbonyl (C=O) groups excluding carboxylic acids is 2. The Morgan fingerprint density at radius 2 is 2.04 bits per heavy atom. The summed E-state index contributed by atoms with van der Waals surface area (Å²) in [6.07, 6.45) is -0.908. The average molecular weight is 375 g/mol. The number of cyclic esters (lactones) is 1. The number of anilines is 1. The van der Waals surface area contributed by atoms with Gasteiger partial charge in [-0.15, -0.1) is 0 Å². The van der Waals surface area contributed by atoms with Crippen LogP contribution in [0.25, 0.3) is 0 Å². The van der Waals surface area contributed by atoms with Gasteiger partial charge >= 0.3 is 6.09 Å². The zero-order valence-corrected chi connectivity index (χ0v) is 14.4. The Morgan fingerprint density at radius 3 is 2.88 bits per heavy atom. The van der Waals surface area contributed by atoms with Crippen LogP contribution in [-0.2, 0) is 4.74 Å². The summed E-state index contributed by atoms with van der Waals surface area (Å²) in [5.74, 6) is 0.876. The number of nitrogens with zero attached hydrogens (tertiary/aromatic N) is 1. The van der Waals surface area contributed by atoms with Crippen molar-refractivity contribution in [2.24, 2.45) is 0 Å². The third kappa shape index (κ3) is 3.25. The molecule has 26 heavy (non-hydrogen) atoms. The molecule has 0 spiro atoms. The highest BCUT2D eigenvalue weighted by Crippen LogP contribution is 2.32. The van der Waals surface area contributed by atoms with E-state index in [0.717, 1.165) is 0 Å². The minimum atomic E-state index is -0.463. The highest BCUT2D eigenvalue weighted by atomic mass is 35.5. The van der Waals surface area contributed by atoms with Gasteiger partial charge in [-0.05, 0) is 36.4 Å². The number of fused-ring (bicyclic) bond motifs is 1. The van der Waals surface area contributed by atoms with Crippen molar-refractivity contribution in [3.8, 4) is 11.5 Å². The highest BCUT2D eigenvalue weighted by molar-refractivity contribution is 6.30. The molecule has 1 saturated heterocycles. The summed E-state index contributed by atoms with van der Waals surface area (Å²) in [5, 5.41) is 3.31. The molecular weight excluding hydrogens is 360 g/mol. The number of amides is 2. The Labute approximate surface area is 154 Å². The van der Waals surface area contributed by atoms with Crippen LogP contribution in [0.15, 0.2) is 42.5 Å². The molecule has 0 bridgehead atoms. The SMILES string of the molecule is O=C(NCC1CN(c2cccc(Cl)c2)C(=O)O1)c1ccc2c(c1)OCO2. The zero-order valence-electron chi connectivity index (χ0n) is 13.6. The van der Waals surface area contributed by atoms with Crippen LogP contribution in [0, 0.1) is 0 Å². The van der Waals surface area contributed by atoms with Crippen molar-refractivity contribution in [2.45, 2.75) is 6.10 Å². The maximum Gasteiger partial charge on any atom is 0.414 e. The van der Waals surface area contributed by atoms with E-state index in [-0.39, 0.29) is 19.2 Å². The molecule has 2 amide bonds. The molecule has 2 aromatic carbocycles. The molecule has 0 saturated carbocycles. The van der Waals surface area contributed by atoms with E-state index in [1.165, 1.54) is 4.90 Å². The molecule has 1 N–H and O–H groups in total. The molecule has 2 aromatic rings. The lowest BCUT2D eigenvalue weighted by atomic mass is 10.2. The molecular formula is C18H15ClN2O5. The Morgan fingerprint density at radius 1 is 1.19 bits per heavy atom. The van der Waals surface area contributed by atoms with Gasteiger partial charge in [0.15, 0.2) is 11.5 Å². The van der Waals surface area contributed by atoms with Gasteiger partial charge in [0.1, 0.15) is 6.10 Å². The predicted octanol–water partition coefficient (Wildman–Crippen LogP) is 2.82. The molecule has 1 fully saturated rings. The summed E-state index contributed by atoms with van der Waals surface area (Å²) >= 11 is 5.96. The van der Waals surface area contributed by atoms with Crippen molar-refractivity contribution in [3.05, 3.63) is 53.1 Å². The fourth-order valence-electron chi connectivity index (χ4n) is 2.83. The number of halogens is 1. The van der Waals surface area contributed by atoms with Crippen molar-refractivity contribution in [2.75, 3.05) is 24.8 Å². The summed E-state index contributed by atoms with van der Waals surface area (Å²) in [6, 6.07) is 11.9. The van der Waals surface area contributed by atoms with Gasteiger partial charge in [-0.25, -0.2) is 4.79 Å². The molecule has 1 atom stereocenters. The lowest BCUT2D eigenvalue weighted by Gasteiger charge is -2.13. The van der Waals surface area contributed by atoms with E-state index in [9.17, 15) is 9.59 Å². The predicted molar refractivity (Wildman–Crippen MR) is 94.0 cm³/mol. The standard InChI is InChI=1S/C18H15ClN2O5/c19-12-2-1-3-13(7-12)21-9-14(26-18(21)23)8-20-17(22)11-4-5-15-16(6-11)25-10-24-15/h1-7,14H,8-10H2,(H,20,22). The molecule has 2 heterocycles. The molecule has 4 rings (SSSR count). The van der Waals surface area contributed by atoms with Gasteiger partial charge in [-0.1, -0.05) is 17.7 Å². The number of benzene rings is 2. The third-order valence-electron chi connectivity index (χ3n) is 4.12. The number of ether oxygens (including phenoxy) is 3. The summed E-state index contributed by atoms with van der Waals surface area (Å²) < 4.78 is 15.8. The Bertz CT molecular complexity index is 872. The van der Waals surface area contributed by atoms with E-state index in [1.54, 1.807) is 42.5 Å². The zero-order chi connectivity index (χ0) is 18.1. The molecule has 0 aliphatic carbocycles. The van der Waals surface area contributed by atoms with E-state index in [4.69, 9.17) is 25.8 Å². The van der Waals surface area contributed by atoms with E-state index in [0.29, 0.717) is 34.3 Å². The van der Waals surface area contributed by atoms with E-state index < -0.39 is 12.2 Å². The minimum Gasteiger partial charge on any atom is -0.454 e. The summed E-state index contributed by atoms with van der Waals surface area (Å²) in [7, 11) is 0. The van der Waals surface area contributed by atoms with Gasteiger partial charge in [-0.2, -0.15) is 0 Å². The van der Waals surface area contributed by atoms with Crippen LogP contribution in [0.5, 0.6) is 11.5 Å². The maximum atomic E-state index is 12.3. The maximum absolute atomic E-state index is 12.3. The van der Waals surface area contributed by atoms with E-state index in [2.05, 4.69) is 5.32 Å². The van der Waals surface area contributed by atoms with Crippen LogP contribution in [0.3, 0.4) is 0 Å². The third-order valence-corrected chi connectivity index (χ3v) is 4.35. The lowest BCUT2D eigenvalue weighted by molar-refractivity contribution is 0.0915. The topological polar surface area (TPSA) is 77.1 Å². The second-order valence-corrected chi connectivity index (χ2v) is 6.31. The first-order valence-electron chi connectivity index (χ1n) is 8.02. The van der Waals surface area contributed by atoms with Crippen molar-refractivity contribution >= 4 is 29.3 Å². The molecule has 7 nitrogen and oxygen atoms in total. The fourth-order valence-corrected chi connectivity index (χ4v) is 3.01. The molecule has 0 radical (unpaired) electrons. The van der Waals surface area contributed by atoms with Gasteiger partial charge in [0.05, 0.1) is 13.1 Å². The largest absolute Gasteiger partial charge is 0.454 e. The number of hydrogen-bond donors (Lipinski definition) is 1. The quantitative estimate of drug-likeness (QED) is 0.890. The van der Waals surface area contributed by atoms with Gasteiger partial charge < -0.3 is 19.5 Å². The van der Waals surface area contributed by atoms with Crippen LogP contribution in [0.4, 0.5) is 10.5 Å². The van der Waals surface area contributed by atoms with Crippen LogP contribution >= 0.6 is 11.6 Å². The first-order chi connectivity index (χ1) is 12.6. The van der Waals surface area contributed by atoms with Gasteiger partial charge in [0.2, 0.25) is 6.79 Å². The van der Waals surface area contributed by atoms with Gasteiger partial charge in [0.25, 0.3) is 5.91 Å². The van der Waals surface area contributed by atoms with Crippen LogP contribution in [0.1, 0.15) is 10.4 Å². The Kier molecular flexibility index (Phi) is 4.30. The molecule has 1 unspecified atom stereocenters. The monoisotopic (exact) mass is 374 g/mol. The summed E-state index contributed by atoms with van der Waals surface area (Å²) in [4.78, 5) is 25.8. The normalized spacial score (nSPS) is 18.0. The minimum absolute atomic E-state index is 0.151. The van der Waals surface area contributed by atoms with Crippen LogP contribution in [0.2, 0.25) is 5.02 Å². The molecule has 2 aliphatic heterocycles. The first-order valence-corrected chi connectivity index (χ1v) is 8.39. The highest BCUT2D eigenvalue weighted by Gasteiger charge is 2.32. The van der Waals surface area contributed by atoms with Crippen molar-refractivity contribution in [3.63, 3.8) is 0 Å². The number of rotatable bonds is 4. The second kappa shape index (κ2) is 6.76. The van der Waals surface area contributed by atoms with E-state index >= 15 is 0 Å². The van der Waals surface area contributed by atoms with Gasteiger partial charge in [-0.3, -0.25) is 9.69 Å². The second-order valence-electron chi connectivity index (χ2n) is 5.87. The van der Waals surface area contributed by atoms with E-state index in [1.807, 2.05) is 0 Å². The summed E-state index contributed by atoms with van der Waals surface area (Å²) in [5.41, 5.74) is 1.11. The van der Waals surface area contributed by atoms with Crippen molar-refractivity contribution in [1.82, 2.24) is 5.32 Å². The number of hydrogen-bond acceptors (Lipinski definition) is 5. The van der Waals surface area contributed by atoms with Crippen LogP contribution in [-0.4, -0.2) is 38.0 Å². The average Bonchev–Trinajstić information content (AvgIpc) is 3.25. The Hall–Kier alpha value is -2.93. The number of nitrogens with one attached hydrogen (secondary N) is 1. The Balaban J connectivity index is 1.36. The van der Waals surface area contributed by atoms with Gasteiger partial charge in [0, 0.05) is 16.3 Å². The van der Waals surface area contributed by atoms with Crippen molar-refractivity contribution in [1.29, 1.82) is 0 Å². The molecule has 134 valence electrons.